The summed E-state index contributed by atoms with van der Waals surface area (Å²) in [7, 11) is 0. The van der Waals surface area contributed by atoms with Gasteiger partial charge in [-0.25, -0.2) is 4.98 Å². The zero-order valence-electron chi connectivity index (χ0n) is 17.6. The van der Waals surface area contributed by atoms with E-state index in [-0.39, 0.29) is 11.9 Å². The number of rotatable bonds is 5. The average Bonchev–Trinajstić information content (AvgIpc) is 3.33. The lowest BCUT2D eigenvalue weighted by Gasteiger charge is -2.32. The molecule has 0 spiro atoms. The molecule has 4 aromatic rings. The molecule has 1 aliphatic heterocycles. The Morgan fingerprint density at radius 1 is 1.03 bits per heavy atom. The molecule has 2 N–H and O–H groups in total. The summed E-state index contributed by atoms with van der Waals surface area (Å²) in [4.78, 5) is 23.8. The zero-order chi connectivity index (χ0) is 22.8. The minimum atomic E-state index is 0.00125. The fourth-order valence-electron chi connectivity index (χ4n) is 3.99. The molecule has 1 saturated heterocycles. The lowest BCUT2D eigenvalue weighted by Crippen LogP contribution is -2.42. The first-order chi connectivity index (χ1) is 16.0. The normalized spacial score (nSPS) is 14.4. The summed E-state index contributed by atoms with van der Waals surface area (Å²) in [5.74, 6) is 1.19. The number of carbonyl (C=O) groups is 1. The Morgan fingerprint density at radius 3 is 2.52 bits per heavy atom. The predicted molar refractivity (Wildman–Crippen MR) is 131 cm³/mol. The first-order valence-corrected chi connectivity index (χ1v) is 11.4. The van der Waals surface area contributed by atoms with Crippen LogP contribution in [-0.2, 0) is 0 Å². The minimum Gasteiger partial charge on any atom is -0.472 e. The third kappa shape index (κ3) is 4.89. The molecule has 5 rings (SSSR count). The van der Waals surface area contributed by atoms with E-state index < -0.39 is 0 Å². The number of amides is 1. The molecule has 2 aromatic heterocycles. The fraction of sp³-hybridized carbons (Fsp3) is 0.208. The van der Waals surface area contributed by atoms with Gasteiger partial charge in [0.1, 0.15) is 12.1 Å². The van der Waals surface area contributed by atoms with E-state index >= 15 is 0 Å². The number of aromatic nitrogens is 2. The second kappa shape index (κ2) is 9.29. The Balaban J connectivity index is 1.34. The molecule has 7 nitrogen and oxygen atoms in total. The van der Waals surface area contributed by atoms with Crippen LogP contribution in [-0.4, -0.2) is 39.9 Å². The number of nitrogens with zero attached hydrogens (tertiary/aromatic N) is 3. The number of benzene rings is 2. The standard InChI is InChI=1S/C24H21Cl2N5O2/c25-16-11-17(26)13-19(12-16)28-24-29-21-4-2-1-3-20(21)22(30-24)27-18-5-8-31(9-6-18)23(32)15-7-10-33-14-15/h1-4,7,10-14,18H,5-6,8-9H2,(H2,27,28,29,30). The maximum absolute atomic E-state index is 12.6. The van der Waals surface area contributed by atoms with Crippen molar-refractivity contribution in [3.63, 3.8) is 0 Å². The van der Waals surface area contributed by atoms with Crippen molar-refractivity contribution < 1.29 is 9.21 Å². The van der Waals surface area contributed by atoms with Crippen molar-refractivity contribution in [1.29, 1.82) is 0 Å². The van der Waals surface area contributed by atoms with Crippen molar-refractivity contribution in [2.24, 2.45) is 0 Å². The van der Waals surface area contributed by atoms with Crippen LogP contribution in [0.15, 0.2) is 65.5 Å². The number of nitrogens with one attached hydrogen (secondary N) is 2. The Kier molecular flexibility index (Phi) is 6.07. The van der Waals surface area contributed by atoms with E-state index in [4.69, 9.17) is 32.6 Å². The van der Waals surface area contributed by atoms with Crippen LogP contribution in [0.3, 0.4) is 0 Å². The molecule has 3 heterocycles. The SMILES string of the molecule is O=C(c1ccoc1)N1CCC(Nc2nc(Nc3cc(Cl)cc(Cl)c3)nc3ccccc23)CC1. The minimum absolute atomic E-state index is 0.00125. The highest BCUT2D eigenvalue weighted by Crippen LogP contribution is 2.28. The summed E-state index contributed by atoms with van der Waals surface area (Å²) in [5, 5.41) is 8.76. The number of hydrogen-bond donors (Lipinski definition) is 2. The largest absolute Gasteiger partial charge is 0.472 e. The van der Waals surface area contributed by atoms with Gasteiger partial charge in [-0.3, -0.25) is 4.79 Å². The number of hydrogen-bond acceptors (Lipinski definition) is 6. The third-order valence-corrected chi connectivity index (χ3v) is 6.05. The summed E-state index contributed by atoms with van der Waals surface area (Å²) in [6.07, 6.45) is 4.63. The number of anilines is 3. The maximum Gasteiger partial charge on any atom is 0.257 e. The van der Waals surface area contributed by atoms with Crippen LogP contribution < -0.4 is 10.6 Å². The van der Waals surface area contributed by atoms with Crippen molar-refractivity contribution in [3.8, 4) is 0 Å². The number of para-hydroxylation sites is 1. The summed E-state index contributed by atoms with van der Waals surface area (Å²) in [5.41, 5.74) is 2.11. The molecule has 1 aliphatic rings. The summed E-state index contributed by atoms with van der Waals surface area (Å²) >= 11 is 12.3. The summed E-state index contributed by atoms with van der Waals surface area (Å²) in [6.45, 7) is 1.33. The van der Waals surface area contributed by atoms with Crippen molar-refractivity contribution in [1.82, 2.24) is 14.9 Å². The summed E-state index contributed by atoms with van der Waals surface area (Å²) < 4.78 is 5.04. The molecule has 1 fully saturated rings. The number of carbonyl (C=O) groups excluding carboxylic acids is 1. The van der Waals surface area contributed by atoms with Gasteiger partial charge in [-0.05, 0) is 49.2 Å². The molecule has 0 atom stereocenters. The highest BCUT2D eigenvalue weighted by molar-refractivity contribution is 6.35. The Hall–Kier alpha value is -3.29. The van der Waals surface area contributed by atoms with E-state index in [0.717, 1.165) is 29.6 Å². The van der Waals surface area contributed by atoms with E-state index in [0.29, 0.717) is 40.3 Å². The first kappa shape index (κ1) is 21.6. The fourth-order valence-corrected chi connectivity index (χ4v) is 4.51. The molecule has 168 valence electrons. The Bertz CT molecular complexity index is 1270. The lowest BCUT2D eigenvalue weighted by molar-refractivity contribution is 0.0717. The van der Waals surface area contributed by atoms with E-state index in [1.54, 1.807) is 24.3 Å². The van der Waals surface area contributed by atoms with Crippen LogP contribution in [0, 0.1) is 0 Å². The number of furan rings is 1. The topological polar surface area (TPSA) is 83.3 Å². The van der Waals surface area contributed by atoms with Gasteiger partial charge in [-0.15, -0.1) is 0 Å². The van der Waals surface area contributed by atoms with Crippen molar-refractivity contribution in [2.45, 2.75) is 18.9 Å². The van der Waals surface area contributed by atoms with Gasteiger partial charge < -0.3 is 20.0 Å². The molecule has 0 unspecified atom stereocenters. The van der Waals surface area contributed by atoms with Crippen LogP contribution in [0.1, 0.15) is 23.2 Å². The monoisotopic (exact) mass is 481 g/mol. The van der Waals surface area contributed by atoms with Gasteiger partial charge in [-0.1, -0.05) is 35.3 Å². The molecular weight excluding hydrogens is 461 g/mol. The first-order valence-electron chi connectivity index (χ1n) is 10.6. The number of halogens is 2. The van der Waals surface area contributed by atoms with E-state index in [1.807, 2.05) is 29.2 Å². The van der Waals surface area contributed by atoms with Crippen molar-refractivity contribution in [2.75, 3.05) is 23.7 Å². The molecule has 0 saturated carbocycles. The molecule has 9 heteroatoms. The molecule has 2 aromatic carbocycles. The van der Waals surface area contributed by atoms with Gasteiger partial charge in [0.25, 0.3) is 5.91 Å². The summed E-state index contributed by atoms with van der Waals surface area (Å²) in [6, 6.07) is 14.9. The quantitative estimate of drug-likeness (QED) is 0.364. The second-order valence-corrected chi connectivity index (χ2v) is 8.79. The van der Waals surface area contributed by atoms with Crippen molar-refractivity contribution in [3.05, 3.63) is 76.7 Å². The zero-order valence-corrected chi connectivity index (χ0v) is 19.1. The van der Waals surface area contributed by atoms with Gasteiger partial charge in [0.2, 0.25) is 5.95 Å². The molecule has 0 bridgehead atoms. The van der Waals surface area contributed by atoms with Crippen molar-refractivity contribution >= 4 is 57.5 Å². The van der Waals surface area contributed by atoms with Gasteiger partial charge in [0.15, 0.2) is 0 Å². The van der Waals surface area contributed by atoms with Crippen LogP contribution >= 0.6 is 23.2 Å². The highest BCUT2D eigenvalue weighted by Gasteiger charge is 2.25. The lowest BCUT2D eigenvalue weighted by atomic mass is 10.0. The van der Waals surface area contributed by atoms with Gasteiger partial charge in [0, 0.05) is 40.3 Å². The molecule has 0 aliphatic carbocycles. The maximum atomic E-state index is 12.6. The second-order valence-electron chi connectivity index (χ2n) is 7.92. The Morgan fingerprint density at radius 2 is 1.79 bits per heavy atom. The van der Waals surface area contributed by atoms with Crippen LogP contribution in [0.25, 0.3) is 10.9 Å². The highest BCUT2D eigenvalue weighted by atomic mass is 35.5. The predicted octanol–water partition coefficient (Wildman–Crippen LogP) is 5.99. The van der Waals surface area contributed by atoms with E-state index in [1.165, 1.54) is 12.5 Å². The molecular formula is C24H21Cl2N5O2. The number of piperidine rings is 1. The molecule has 0 radical (unpaired) electrons. The van der Waals surface area contributed by atoms with Gasteiger partial charge in [0.05, 0.1) is 17.3 Å². The van der Waals surface area contributed by atoms with E-state index in [9.17, 15) is 4.79 Å². The van der Waals surface area contributed by atoms with Gasteiger partial charge >= 0.3 is 0 Å². The molecule has 1 amide bonds. The smallest absolute Gasteiger partial charge is 0.257 e. The Labute approximate surface area is 200 Å². The average molecular weight is 482 g/mol. The number of fused-ring (bicyclic) bond motifs is 1. The molecule has 33 heavy (non-hydrogen) atoms. The number of likely N-dealkylation sites (tertiary alicyclic amines) is 1. The van der Waals surface area contributed by atoms with Crippen LogP contribution in [0.2, 0.25) is 10.0 Å². The van der Waals surface area contributed by atoms with E-state index in [2.05, 4.69) is 15.6 Å². The van der Waals surface area contributed by atoms with Crippen LogP contribution in [0.4, 0.5) is 17.5 Å². The third-order valence-electron chi connectivity index (χ3n) is 5.61. The van der Waals surface area contributed by atoms with Gasteiger partial charge in [-0.2, -0.15) is 4.98 Å². The van der Waals surface area contributed by atoms with Crippen LogP contribution in [0.5, 0.6) is 0 Å².